The van der Waals surface area contributed by atoms with Crippen molar-refractivity contribution in [2.24, 2.45) is 5.92 Å². The molecule has 1 saturated heterocycles. The molecule has 126 valence electrons. The Labute approximate surface area is 143 Å². The molecule has 1 heterocycles. The van der Waals surface area contributed by atoms with Crippen LogP contribution in [-0.2, 0) is 16.0 Å². The van der Waals surface area contributed by atoms with E-state index < -0.39 is 0 Å². The highest BCUT2D eigenvalue weighted by molar-refractivity contribution is 6.30. The van der Waals surface area contributed by atoms with Crippen LogP contribution in [0, 0.1) is 5.92 Å². The lowest BCUT2D eigenvalue weighted by molar-refractivity contribution is -0.141. The fourth-order valence-corrected chi connectivity index (χ4v) is 3.26. The van der Waals surface area contributed by atoms with Gasteiger partial charge < -0.3 is 10.2 Å². The van der Waals surface area contributed by atoms with Crippen molar-refractivity contribution in [2.75, 3.05) is 6.54 Å². The highest BCUT2D eigenvalue weighted by Crippen LogP contribution is 2.20. The van der Waals surface area contributed by atoms with Gasteiger partial charge in [0.1, 0.15) is 6.04 Å². The summed E-state index contributed by atoms with van der Waals surface area (Å²) in [6, 6.07) is 7.32. The molecule has 1 aliphatic heterocycles. The second-order valence-electron chi connectivity index (χ2n) is 6.59. The van der Waals surface area contributed by atoms with E-state index >= 15 is 0 Å². The maximum Gasteiger partial charge on any atom is 0.243 e. The van der Waals surface area contributed by atoms with Crippen LogP contribution in [0.1, 0.15) is 39.2 Å². The summed E-state index contributed by atoms with van der Waals surface area (Å²) in [5.41, 5.74) is 1.09. The number of carbonyl (C=O) groups excluding carboxylic acids is 2. The summed E-state index contributed by atoms with van der Waals surface area (Å²) in [5.74, 6) is -0.0662. The molecule has 5 heteroatoms. The first-order valence-electron chi connectivity index (χ1n) is 8.23. The number of nitrogens with zero attached hydrogens (tertiary/aromatic N) is 1. The smallest absolute Gasteiger partial charge is 0.243 e. The normalized spacial score (nSPS) is 19.0. The highest BCUT2D eigenvalue weighted by atomic mass is 35.5. The summed E-state index contributed by atoms with van der Waals surface area (Å²) >= 11 is 5.99. The zero-order valence-corrected chi connectivity index (χ0v) is 14.8. The minimum absolute atomic E-state index is 0.00225. The van der Waals surface area contributed by atoms with Crippen molar-refractivity contribution in [1.29, 1.82) is 0 Å². The number of hydrogen-bond donors (Lipinski definition) is 1. The predicted octanol–water partition coefficient (Wildman–Crippen LogP) is 3.03. The summed E-state index contributed by atoms with van der Waals surface area (Å²) in [5, 5.41) is 3.74. The zero-order chi connectivity index (χ0) is 17.0. The van der Waals surface area contributed by atoms with Crippen LogP contribution in [0.25, 0.3) is 0 Å². The molecule has 1 N–H and O–H groups in total. The Kier molecular flexibility index (Phi) is 6.05. The van der Waals surface area contributed by atoms with Crippen molar-refractivity contribution in [3.05, 3.63) is 34.9 Å². The van der Waals surface area contributed by atoms with Crippen LogP contribution in [0.15, 0.2) is 24.3 Å². The molecular weight excluding hydrogens is 312 g/mol. The Morgan fingerprint density at radius 2 is 2.09 bits per heavy atom. The van der Waals surface area contributed by atoms with Crippen molar-refractivity contribution in [1.82, 2.24) is 10.2 Å². The van der Waals surface area contributed by atoms with Crippen molar-refractivity contribution >= 4 is 23.4 Å². The van der Waals surface area contributed by atoms with E-state index in [2.05, 4.69) is 5.32 Å². The fraction of sp³-hybridized carbons (Fsp3) is 0.556. The second kappa shape index (κ2) is 7.82. The molecule has 1 aliphatic rings. The van der Waals surface area contributed by atoms with E-state index in [-0.39, 0.29) is 29.8 Å². The van der Waals surface area contributed by atoms with Gasteiger partial charge in [-0.1, -0.05) is 37.6 Å². The summed E-state index contributed by atoms with van der Waals surface area (Å²) in [7, 11) is 0. The Balaban J connectivity index is 1.94. The zero-order valence-electron chi connectivity index (χ0n) is 14.0. The van der Waals surface area contributed by atoms with E-state index in [1.807, 2.05) is 45.0 Å². The standard InChI is InChI=1S/C18H25ClN2O2/c1-12(2)18(23)21-9-5-8-16(21)17(22)20-13(3)10-14-6-4-7-15(19)11-14/h4,6-7,11-13,16H,5,8-10H2,1-3H3,(H,20,22)/t13-,16+/m0/s1. The Bertz CT molecular complexity index is 574. The van der Waals surface area contributed by atoms with Crippen molar-refractivity contribution in [3.63, 3.8) is 0 Å². The first-order valence-corrected chi connectivity index (χ1v) is 8.61. The van der Waals surface area contributed by atoms with E-state index in [1.165, 1.54) is 0 Å². The molecule has 23 heavy (non-hydrogen) atoms. The molecule has 2 atom stereocenters. The maximum absolute atomic E-state index is 12.5. The van der Waals surface area contributed by atoms with Crippen molar-refractivity contribution < 1.29 is 9.59 Å². The van der Waals surface area contributed by atoms with E-state index in [1.54, 1.807) is 4.90 Å². The number of benzene rings is 1. The molecule has 1 aromatic rings. The molecule has 2 rings (SSSR count). The van der Waals surface area contributed by atoms with Crippen molar-refractivity contribution in [3.8, 4) is 0 Å². The molecular formula is C18H25ClN2O2. The van der Waals surface area contributed by atoms with Crippen molar-refractivity contribution in [2.45, 2.75) is 52.1 Å². The lowest BCUT2D eigenvalue weighted by Crippen LogP contribution is -2.49. The SMILES string of the molecule is CC(C)C(=O)N1CCC[C@@H]1C(=O)N[C@@H](C)Cc1cccc(Cl)c1. The molecule has 1 aromatic carbocycles. The third kappa shape index (κ3) is 4.71. The van der Waals surface area contributed by atoms with Gasteiger partial charge in [0.2, 0.25) is 11.8 Å². The highest BCUT2D eigenvalue weighted by Gasteiger charge is 2.35. The number of likely N-dealkylation sites (tertiary alicyclic amines) is 1. The summed E-state index contributed by atoms with van der Waals surface area (Å²) in [6.07, 6.45) is 2.35. The molecule has 1 fully saturated rings. The lowest BCUT2D eigenvalue weighted by atomic mass is 10.1. The average molecular weight is 337 g/mol. The number of rotatable bonds is 5. The third-order valence-electron chi connectivity index (χ3n) is 4.15. The molecule has 0 aromatic heterocycles. The van der Waals surface area contributed by atoms with Gasteiger partial charge in [-0.3, -0.25) is 9.59 Å². The monoisotopic (exact) mass is 336 g/mol. The van der Waals surface area contributed by atoms with Gasteiger partial charge in [0.25, 0.3) is 0 Å². The molecule has 0 unspecified atom stereocenters. The van der Waals surface area contributed by atoms with Crippen LogP contribution in [0.5, 0.6) is 0 Å². The second-order valence-corrected chi connectivity index (χ2v) is 7.02. The maximum atomic E-state index is 12.5. The van der Waals surface area contributed by atoms with Crippen LogP contribution in [0.3, 0.4) is 0 Å². The number of hydrogen-bond acceptors (Lipinski definition) is 2. The van der Waals surface area contributed by atoms with Crippen LogP contribution in [0.2, 0.25) is 5.02 Å². The minimum Gasteiger partial charge on any atom is -0.352 e. The van der Waals surface area contributed by atoms with Gasteiger partial charge in [-0.05, 0) is 43.9 Å². The Hall–Kier alpha value is -1.55. The average Bonchev–Trinajstić information content (AvgIpc) is 2.95. The van der Waals surface area contributed by atoms with Gasteiger partial charge in [-0.25, -0.2) is 0 Å². The van der Waals surface area contributed by atoms with E-state index in [9.17, 15) is 9.59 Å². The Morgan fingerprint density at radius 1 is 1.35 bits per heavy atom. The molecule has 0 aliphatic carbocycles. The first kappa shape index (κ1) is 17.8. The molecule has 4 nitrogen and oxygen atoms in total. The predicted molar refractivity (Wildman–Crippen MR) is 92.3 cm³/mol. The number of halogens is 1. The molecule has 0 radical (unpaired) electrons. The minimum atomic E-state index is -0.327. The molecule has 0 bridgehead atoms. The van der Waals surface area contributed by atoms with Crippen LogP contribution < -0.4 is 5.32 Å². The quantitative estimate of drug-likeness (QED) is 0.898. The van der Waals surface area contributed by atoms with Gasteiger partial charge in [0, 0.05) is 23.5 Å². The largest absolute Gasteiger partial charge is 0.352 e. The van der Waals surface area contributed by atoms with Gasteiger partial charge in [0.15, 0.2) is 0 Å². The van der Waals surface area contributed by atoms with E-state index in [4.69, 9.17) is 11.6 Å². The van der Waals surface area contributed by atoms with Gasteiger partial charge >= 0.3 is 0 Å². The van der Waals surface area contributed by atoms with E-state index in [0.717, 1.165) is 24.8 Å². The van der Waals surface area contributed by atoms with E-state index in [0.29, 0.717) is 11.6 Å². The molecule has 2 amide bonds. The fourth-order valence-electron chi connectivity index (χ4n) is 3.04. The first-order chi connectivity index (χ1) is 10.9. The van der Waals surface area contributed by atoms with Gasteiger partial charge in [-0.2, -0.15) is 0 Å². The van der Waals surface area contributed by atoms with Crippen LogP contribution in [0.4, 0.5) is 0 Å². The molecule has 0 spiro atoms. The summed E-state index contributed by atoms with van der Waals surface area (Å²) in [4.78, 5) is 26.5. The van der Waals surface area contributed by atoms with Crippen LogP contribution >= 0.6 is 11.6 Å². The Morgan fingerprint density at radius 3 is 2.74 bits per heavy atom. The third-order valence-corrected chi connectivity index (χ3v) is 4.39. The topological polar surface area (TPSA) is 49.4 Å². The van der Waals surface area contributed by atoms with Gasteiger partial charge in [0.05, 0.1) is 0 Å². The number of carbonyl (C=O) groups is 2. The summed E-state index contributed by atoms with van der Waals surface area (Å²) in [6.45, 7) is 6.40. The lowest BCUT2D eigenvalue weighted by Gasteiger charge is -2.27. The summed E-state index contributed by atoms with van der Waals surface area (Å²) < 4.78 is 0. The number of amides is 2. The number of nitrogens with one attached hydrogen (secondary N) is 1. The molecule has 0 saturated carbocycles. The van der Waals surface area contributed by atoms with Crippen LogP contribution in [-0.4, -0.2) is 35.3 Å². The van der Waals surface area contributed by atoms with Gasteiger partial charge in [-0.15, -0.1) is 0 Å².